The third-order valence-corrected chi connectivity index (χ3v) is 13.1. The first kappa shape index (κ1) is 49.1. The molecule has 2 N–H and O–H groups in total. The van der Waals surface area contributed by atoms with Crippen LogP contribution in [-0.4, -0.2) is 75.2 Å². The van der Waals surface area contributed by atoms with Gasteiger partial charge in [-0.3, -0.25) is 0 Å². The molecule has 9 rings (SSSR count). The van der Waals surface area contributed by atoms with Gasteiger partial charge in [0, 0.05) is 78.3 Å². The molecule has 8 bridgehead atoms. The smallest absolute Gasteiger partial charge is 0.146 e. The van der Waals surface area contributed by atoms with E-state index in [1.807, 2.05) is 0 Å². The number of halogens is 2. The molecule has 0 unspecified atom stereocenters. The normalized spacial score (nSPS) is 12.2. The highest BCUT2D eigenvalue weighted by atomic mass is 79.9. The van der Waals surface area contributed by atoms with Gasteiger partial charge in [0.15, 0.2) is 0 Å². The van der Waals surface area contributed by atoms with Crippen LogP contribution in [0.5, 0.6) is 0 Å². The van der Waals surface area contributed by atoms with E-state index < -0.39 is 0 Å². The summed E-state index contributed by atoms with van der Waals surface area (Å²) in [7, 11) is 6.47. The maximum atomic E-state index is 5.71. The summed E-state index contributed by atoms with van der Waals surface area (Å²) in [6, 6.07) is 42.0. The van der Waals surface area contributed by atoms with Crippen LogP contribution < -0.4 is 0 Å². The van der Waals surface area contributed by atoms with E-state index in [-0.39, 0.29) is 27.2 Å². The van der Waals surface area contributed by atoms with Crippen molar-refractivity contribution in [3.63, 3.8) is 0 Å². The molecule has 0 spiro atoms. The fourth-order valence-corrected chi connectivity index (χ4v) is 10.1. The zero-order valence-corrected chi connectivity index (χ0v) is 42.4. The van der Waals surface area contributed by atoms with E-state index in [1.165, 1.54) is 0 Å². The third kappa shape index (κ3) is 11.0. The molecule has 0 amide bonds. The summed E-state index contributed by atoms with van der Waals surface area (Å²) in [5.41, 5.74) is 18.4. The minimum absolute atomic E-state index is 0.206. The second kappa shape index (κ2) is 23.4. The topological polar surface area (TPSA) is 131 Å². The van der Waals surface area contributed by atoms with Crippen molar-refractivity contribution in [1.29, 1.82) is 0 Å². The lowest BCUT2D eigenvalue weighted by molar-refractivity contribution is -0.0391. The minimum atomic E-state index is 0.206. The lowest BCUT2D eigenvalue weighted by Gasteiger charge is -2.10. The van der Waals surface area contributed by atoms with Crippen LogP contribution in [0.1, 0.15) is 39.2 Å². The van der Waals surface area contributed by atoms with Gasteiger partial charge in [-0.1, -0.05) is 97.1 Å². The molecule has 0 aliphatic carbocycles. The summed E-state index contributed by atoms with van der Waals surface area (Å²) in [5, 5.41) is 0. The van der Waals surface area contributed by atoms with Gasteiger partial charge in [0.05, 0.1) is 48.0 Å². The van der Waals surface area contributed by atoms with Crippen molar-refractivity contribution in [2.24, 2.45) is 4.99 Å². The molecule has 358 valence electrons. The molecule has 3 aromatic heterocycles. The van der Waals surface area contributed by atoms with Crippen molar-refractivity contribution >= 4 is 76.4 Å². The number of ether oxygens (including phenoxy) is 8. The Balaban J connectivity index is 1.35. The van der Waals surface area contributed by atoms with E-state index in [1.54, 1.807) is 28.4 Å². The number of benzene rings is 4. The first-order valence-corrected chi connectivity index (χ1v) is 24.1. The molecule has 2 aliphatic rings. The average molecular weight is 1070 g/mol. The summed E-state index contributed by atoms with van der Waals surface area (Å²) in [6.45, 7) is 2.51. The fraction of sp³-hybridized carbons (Fsp3) is 0.214. The predicted molar refractivity (Wildman–Crippen MR) is 283 cm³/mol. The minimum Gasteiger partial charge on any atom is -0.359 e. The molecular formula is C56H52Br2N4O8. The number of methoxy groups -OCH3 is 4. The molecule has 7 aromatic rings. The molecule has 12 nitrogen and oxygen atoms in total. The molecule has 4 aromatic carbocycles. The van der Waals surface area contributed by atoms with Gasteiger partial charge in [0.25, 0.3) is 0 Å². The highest BCUT2D eigenvalue weighted by molar-refractivity contribution is 9.18. The quantitative estimate of drug-likeness (QED) is 0.0566. The second-order valence-corrected chi connectivity index (χ2v) is 18.1. The summed E-state index contributed by atoms with van der Waals surface area (Å²) in [4.78, 5) is 18.6. The van der Waals surface area contributed by atoms with Crippen molar-refractivity contribution < 1.29 is 37.9 Å². The van der Waals surface area contributed by atoms with Gasteiger partial charge in [0.2, 0.25) is 0 Å². The van der Waals surface area contributed by atoms with Crippen LogP contribution >= 0.6 is 31.9 Å². The van der Waals surface area contributed by atoms with Crippen molar-refractivity contribution in [2.75, 3.05) is 55.6 Å². The molecule has 0 fully saturated rings. The van der Waals surface area contributed by atoms with Crippen LogP contribution in [0.4, 0.5) is 5.69 Å². The van der Waals surface area contributed by atoms with Crippen molar-refractivity contribution in [3.8, 4) is 44.5 Å². The van der Waals surface area contributed by atoms with Gasteiger partial charge >= 0.3 is 0 Å². The Morgan fingerprint density at radius 3 is 1.06 bits per heavy atom. The van der Waals surface area contributed by atoms with Gasteiger partial charge in [-0.2, -0.15) is 0 Å². The van der Waals surface area contributed by atoms with Gasteiger partial charge in [0.1, 0.15) is 31.8 Å². The Labute approximate surface area is 423 Å². The van der Waals surface area contributed by atoms with E-state index in [2.05, 4.69) is 175 Å². The van der Waals surface area contributed by atoms with Crippen molar-refractivity contribution in [3.05, 3.63) is 165 Å². The van der Waals surface area contributed by atoms with E-state index >= 15 is 0 Å². The highest BCUT2D eigenvalue weighted by Crippen LogP contribution is 2.48. The lowest BCUT2D eigenvalue weighted by atomic mass is 9.99. The van der Waals surface area contributed by atoms with Crippen LogP contribution in [0.25, 0.3) is 78.7 Å². The number of aliphatic imine (C=N–C) groups is 1. The number of hydrogen-bond donors (Lipinski definition) is 2. The zero-order chi connectivity index (χ0) is 48.4. The van der Waals surface area contributed by atoms with E-state index in [0.717, 1.165) is 116 Å². The molecule has 0 saturated heterocycles. The SMILES string of the molecule is COCOCc1ccc(-c2c3nc(c(-c4ccc(COCOC)cc4)c4ccc([nH]4)c(-c4ccc(COCOC)cc4)c4c(Br)c(c(-c5ccc(COCOC)cc5)c5ccc2[nH]5)N=C4Br)C=C3)cc1. The maximum Gasteiger partial charge on any atom is 0.146 e. The van der Waals surface area contributed by atoms with Crippen LogP contribution in [0.3, 0.4) is 0 Å². The Kier molecular flexibility index (Phi) is 16.4. The Morgan fingerprint density at radius 1 is 0.386 bits per heavy atom. The summed E-state index contributed by atoms with van der Waals surface area (Å²) >= 11 is 8.13. The number of rotatable bonds is 20. The Hall–Kier alpha value is -5.88. The molecule has 2 aliphatic heterocycles. The van der Waals surface area contributed by atoms with E-state index in [0.29, 0.717) is 31.0 Å². The maximum absolute atomic E-state index is 5.71. The first-order valence-electron chi connectivity index (χ1n) is 22.6. The molecule has 14 heteroatoms. The summed E-state index contributed by atoms with van der Waals surface area (Å²) in [5.74, 6) is 0. The molecule has 0 radical (unpaired) electrons. The monoisotopic (exact) mass is 1070 g/mol. The Bertz CT molecular complexity index is 3170. The second-order valence-electron chi connectivity index (χ2n) is 16.5. The first-order chi connectivity index (χ1) is 34.4. The van der Waals surface area contributed by atoms with Gasteiger partial charge < -0.3 is 47.9 Å². The highest BCUT2D eigenvalue weighted by Gasteiger charge is 2.26. The van der Waals surface area contributed by atoms with E-state index in [4.69, 9.17) is 47.9 Å². The number of aromatic amines is 2. The number of hydrogen-bond acceptors (Lipinski definition) is 10. The van der Waals surface area contributed by atoms with Gasteiger partial charge in [-0.05, 0) is 113 Å². The van der Waals surface area contributed by atoms with Crippen LogP contribution in [0.2, 0.25) is 0 Å². The van der Waals surface area contributed by atoms with Crippen molar-refractivity contribution in [1.82, 2.24) is 15.0 Å². The van der Waals surface area contributed by atoms with Crippen LogP contribution in [0, 0.1) is 0 Å². The number of H-pyrrole nitrogens is 2. The number of nitrogens with one attached hydrogen (secondary N) is 2. The molecular weight excluding hydrogens is 1020 g/mol. The van der Waals surface area contributed by atoms with Crippen molar-refractivity contribution in [2.45, 2.75) is 26.4 Å². The standard InChI is InChI=1S/C56H52Br2N4O8/c1-63-31-67-27-35-5-13-39(14-6-35)49-43-21-22-44(59-43)50(40-15-7-36(8-16-40)28-68-32-64-2)46-24-26-48(61-46)52(42-19-11-38(12-20-42)30-70-34-66-4)55-54(57)53(56(58)62-55)51(47-25-23-45(49)60-47)41-17-9-37(10-18-41)29-69-33-65-3/h5-26,60-61H,27-34H2,1-4H3. The van der Waals surface area contributed by atoms with E-state index in [9.17, 15) is 0 Å². The lowest BCUT2D eigenvalue weighted by Crippen LogP contribution is -1.97. The van der Waals surface area contributed by atoms with Gasteiger partial charge in [-0.25, -0.2) is 9.98 Å². The molecule has 70 heavy (non-hydrogen) atoms. The number of fused-ring (bicyclic) bond motifs is 8. The fourth-order valence-electron chi connectivity index (χ4n) is 8.58. The van der Waals surface area contributed by atoms with Gasteiger partial charge in [-0.15, -0.1) is 0 Å². The molecule has 0 saturated carbocycles. The predicted octanol–water partition coefficient (Wildman–Crippen LogP) is 13.5. The van der Waals surface area contributed by atoms with Crippen LogP contribution in [-0.2, 0) is 64.3 Å². The Morgan fingerprint density at radius 2 is 0.700 bits per heavy atom. The molecule has 5 heterocycles. The number of nitrogens with zero attached hydrogens (tertiary/aromatic N) is 2. The van der Waals surface area contributed by atoms with Crippen LogP contribution in [0.15, 0.2) is 131 Å². The summed E-state index contributed by atoms with van der Waals surface area (Å²) < 4.78 is 44.9. The number of aromatic nitrogens is 3. The molecule has 0 atom stereocenters. The largest absolute Gasteiger partial charge is 0.359 e. The average Bonchev–Trinajstić information content (AvgIpc) is 4.22. The zero-order valence-electron chi connectivity index (χ0n) is 39.3. The third-order valence-electron chi connectivity index (χ3n) is 11.8. The summed E-state index contributed by atoms with van der Waals surface area (Å²) in [6.07, 6.45) is 4.19.